The van der Waals surface area contributed by atoms with Crippen molar-refractivity contribution in [1.29, 1.82) is 0 Å². The van der Waals surface area contributed by atoms with E-state index in [9.17, 15) is 13.2 Å². The van der Waals surface area contributed by atoms with E-state index in [0.29, 0.717) is 18.0 Å². The van der Waals surface area contributed by atoms with Crippen molar-refractivity contribution in [2.45, 2.75) is 37.6 Å². The minimum atomic E-state index is -3.52. The molecule has 0 aliphatic carbocycles. The number of carbonyl (C=O) groups is 1. The van der Waals surface area contributed by atoms with E-state index in [1.165, 1.54) is 16.4 Å². The highest BCUT2D eigenvalue weighted by Gasteiger charge is 2.23. The van der Waals surface area contributed by atoms with E-state index in [4.69, 9.17) is 0 Å². The monoisotopic (exact) mass is 353 g/mol. The Morgan fingerprint density at radius 2 is 2.00 bits per heavy atom. The van der Waals surface area contributed by atoms with Gasteiger partial charge in [-0.3, -0.25) is 4.79 Å². The van der Waals surface area contributed by atoms with Crippen molar-refractivity contribution in [3.05, 3.63) is 29.8 Å². The zero-order chi connectivity index (χ0) is 17.7. The molecule has 0 aromatic heterocycles. The molecule has 1 heterocycles. The summed E-state index contributed by atoms with van der Waals surface area (Å²) in [5.74, 6) is 0.295. The van der Waals surface area contributed by atoms with Crippen molar-refractivity contribution in [3.63, 3.8) is 0 Å². The first-order valence-electron chi connectivity index (χ1n) is 8.39. The van der Waals surface area contributed by atoms with E-state index in [1.54, 1.807) is 19.2 Å². The van der Waals surface area contributed by atoms with Crippen LogP contribution >= 0.6 is 0 Å². The molecule has 0 saturated carbocycles. The van der Waals surface area contributed by atoms with Gasteiger partial charge in [0, 0.05) is 25.2 Å². The van der Waals surface area contributed by atoms with Crippen molar-refractivity contribution in [3.8, 4) is 0 Å². The first-order chi connectivity index (χ1) is 11.3. The van der Waals surface area contributed by atoms with Crippen molar-refractivity contribution in [2.24, 2.45) is 5.92 Å². The lowest BCUT2D eigenvalue weighted by molar-refractivity contribution is 0.0944. The molecule has 2 N–H and O–H groups in total. The third kappa shape index (κ3) is 4.55. The van der Waals surface area contributed by atoms with Gasteiger partial charge in [0.1, 0.15) is 0 Å². The Morgan fingerprint density at radius 3 is 2.54 bits per heavy atom. The summed E-state index contributed by atoms with van der Waals surface area (Å²) in [6.07, 6.45) is 2.25. The Bertz CT molecular complexity index is 650. The van der Waals surface area contributed by atoms with Crippen LogP contribution in [0.3, 0.4) is 0 Å². The molecule has 1 unspecified atom stereocenters. The van der Waals surface area contributed by atoms with Gasteiger partial charge in [-0.1, -0.05) is 0 Å². The van der Waals surface area contributed by atoms with E-state index < -0.39 is 10.0 Å². The Hall–Kier alpha value is -1.44. The number of carbonyl (C=O) groups excluding carboxylic acids is 1. The van der Waals surface area contributed by atoms with Crippen LogP contribution in [0.4, 0.5) is 0 Å². The second-order valence-corrected chi connectivity index (χ2v) is 8.56. The predicted octanol–water partition coefficient (Wildman–Crippen LogP) is 1.44. The lowest BCUT2D eigenvalue weighted by Gasteiger charge is -2.23. The van der Waals surface area contributed by atoms with Gasteiger partial charge < -0.3 is 10.6 Å². The molecule has 7 heteroatoms. The Kier molecular flexibility index (Phi) is 6.37. The minimum Gasteiger partial charge on any atom is -0.352 e. The predicted molar refractivity (Wildman–Crippen MR) is 94.5 cm³/mol. The number of piperidine rings is 1. The quantitative estimate of drug-likeness (QED) is 0.811. The van der Waals surface area contributed by atoms with Crippen LogP contribution in [-0.2, 0) is 10.0 Å². The summed E-state index contributed by atoms with van der Waals surface area (Å²) in [6, 6.07) is 5.99. The van der Waals surface area contributed by atoms with Crippen LogP contribution in [0.1, 0.15) is 37.0 Å². The molecule has 1 aliphatic rings. The van der Waals surface area contributed by atoms with Gasteiger partial charge in [0.2, 0.25) is 10.0 Å². The molecule has 1 aromatic rings. The third-order valence-electron chi connectivity index (χ3n) is 4.47. The summed E-state index contributed by atoms with van der Waals surface area (Å²) in [5.41, 5.74) is 0.477. The van der Waals surface area contributed by atoms with E-state index in [1.807, 2.05) is 13.8 Å². The Labute approximate surface area is 144 Å². The number of amides is 1. The van der Waals surface area contributed by atoms with E-state index >= 15 is 0 Å². The maximum absolute atomic E-state index is 12.4. The van der Waals surface area contributed by atoms with Gasteiger partial charge in [0.05, 0.1) is 4.90 Å². The average molecular weight is 353 g/mol. The molecule has 1 atom stereocenters. The number of nitrogens with one attached hydrogen (secondary N) is 2. The summed E-state index contributed by atoms with van der Waals surface area (Å²) in [4.78, 5) is 12.4. The standard InChI is InChI=1S/C17H27N3O3S/c1-13(2)20(3)24(22,23)16-8-6-15(7-9-16)17(21)19-12-14-5-4-10-18-11-14/h6-9,13-14,18H,4-5,10-12H2,1-3H3,(H,19,21). The molecule has 2 rings (SSSR count). The van der Waals surface area contributed by atoms with Crippen molar-refractivity contribution in [2.75, 3.05) is 26.7 Å². The van der Waals surface area contributed by atoms with Gasteiger partial charge in [0.15, 0.2) is 0 Å². The van der Waals surface area contributed by atoms with Gasteiger partial charge in [-0.05, 0) is 70.0 Å². The molecule has 1 aromatic carbocycles. The Morgan fingerprint density at radius 1 is 1.33 bits per heavy atom. The topological polar surface area (TPSA) is 78.5 Å². The fraction of sp³-hybridized carbons (Fsp3) is 0.588. The molecule has 6 nitrogen and oxygen atoms in total. The van der Waals surface area contributed by atoms with Gasteiger partial charge in [-0.15, -0.1) is 0 Å². The fourth-order valence-corrected chi connectivity index (χ4v) is 4.03. The normalized spacial score (nSPS) is 18.8. The number of rotatable bonds is 6. The largest absolute Gasteiger partial charge is 0.352 e. The van der Waals surface area contributed by atoms with E-state index in [2.05, 4.69) is 10.6 Å². The van der Waals surface area contributed by atoms with Crippen molar-refractivity contribution >= 4 is 15.9 Å². The second kappa shape index (κ2) is 8.09. The molecular weight excluding hydrogens is 326 g/mol. The van der Waals surface area contributed by atoms with Gasteiger partial charge in [0.25, 0.3) is 5.91 Å². The lowest BCUT2D eigenvalue weighted by Crippen LogP contribution is -2.38. The average Bonchev–Trinajstić information content (AvgIpc) is 2.59. The highest BCUT2D eigenvalue weighted by Crippen LogP contribution is 2.17. The van der Waals surface area contributed by atoms with Gasteiger partial charge in [-0.2, -0.15) is 4.31 Å². The summed E-state index contributed by atoms with van der Waals surface area (Å²) >= 11 is 0. The molecular formula is C17H27N3O3S. The number of hydrogen-bond donors (Lipinski definition) is 2. The van der Waals surface area contributed by atoms with Crippen LogP contribution in [0.5, 0.6) is 0 Å². The zero-order valence-electron chi connectivity index (χ0n) is 14.6. The molecule has 24 heavy (non-hydrogen) atoms. The van der Waals surface area contributed by atoms with E-state index in [-0.39, 0.29) is 16.8 Å². The Balaban J connectivity index is 1.99. The highest BCUT2D eigenvalue weighted by atomic mass is 32.2. The molecule has 1 amide bonds. The molecule has 0 spiro atoms. The summed E-state index contributed by atoms with van der Waals surface area (Å²) < 4.78 is 26.1. The van der Waals surface area contributed by atoms with Crippen molar-refractivity contribution in [1.82, 2.24) is 14.9 Å². The van der Waals surface area contributed by atoms with Crippen LogP contribution in [0.25, 0.3) is 0 Å². The van der Waals surface area contributed by atoms with Crippen LogP contribution in [0.15, 0.2) is 29.2 Å². The smallest absolute Gasteiger partial charge is 0.251 e. The summed E-state index contributed by atoms with van der Waals surface area (Å²) in [7, 11) is -1.96. The molecule has 1 fully saturated rings. The van der Waals surface area contributed by atoms with Crippen LogP contribution in [0, 0.1) is 5.92 Å². The van der Waals surface area contributed by atoms with Crippen molar-refractivity contribution < 1.29 is 13.2 Å². The number of sulfonamides is 1. The van der Waals surface area contributed by atoms with Crippen LogP contribution in [-0.4, -0.2) is 51.4 Å². The molecule has 134 valence electrons. The highest BCUT2D eigenvalue weighted by molar-refractivity contribution is 7.89. The van der Waals surface area contributed by atoms with Crippen LogP contribution in [0.2, 0.25) is 0 Å². The molecule has 1 aliphatic heterocycles. The first kappa shape index (κ1) is 18.9. The second-order valence-electron chi connectivity index (χ2n) is 6.56. The third-order valence-corrected chi connectivity index (χ3v) is 6.52. The maximum Gasteiger partial charge on any atom is 0.251 e. The van der Waals surface area contributed by atoms with Gasteiger partial charge in [-0.25, -0.2) is 8.42 Å². The number of nitrogens with zero attached hydrogens (tertiary/aromatic N) is 1. The minimum absolute atomic E-state index is 0.123. The lowest BCUT2D eigenvalue weighted by atomic mass is 10.00. The van der Waals surface area contributed by atoms with Crippen LogP contribution < -0.4 is 10.6 Å². The zero-order valence-corrected chi connectivity index (χ0v) is 15.4. The number of hydrogen-bond acceptors (Lipinski definition) is 4. The van der Waals surface area contributed by atoms with Gasteiger partial charge >= 0.3 is 0 Å². The molecule has 0 radical (unpaired) electrons. The maximum atomic E-state index is 12.4. The summed E-state index contributed by atoms with van der Waals surface area (Å²) in [5, 5.41) is 6.25. The first-order valence-corrected chi connectivity index (χ1v) is 9.83. The molecule has 0 bridgehead atoms. The van der Waals surface area contributed by atoms with E-state index in [0.717, 1.165) is 25.9 Å². The number of benzene rings is 1. The molecule has 1 saturated heterocycles. The summed E-state index contributed by atoms with van der Waals surface area (Å²) in [6.45, 7) is 6.26. The fourth-order valence-electron chi connectivity index (χ4n) is 2.66. The SMILES string of the molecule is CC(C)N(C)S(=O)(=O)c1ccc(C(=O)NCC2CCCNC2)cc1.